The van der Waals surface area contributed by atoms with Crippen molar-refractivity contribution in [3.8, 4) is 0 Å². The highest BCUT2D eigenvalue weighted by Crippen LogP contribution is 2.20. The molecule has 0 bridgehead atoms. The molecule has 0 unspecified atom stereocenters. The van der Waals surface area contributed by atoms with Gasteiger partial charge in [-0.05, 0) is 30.9 Å². The van der Waals surface area contributed by atoms with Crippen LogP contribution >= 0.6 is 0 Å². The van der Waals surface area contributed by atoms with Crippen LogP contribution in [0.4, 0.5) is 10.6 Å². The van der Waals surface area contributed by atoms with Crippen LogP contribution in [0.5, 0.6) is 0 Å². The molecule has 1 aliphatic heterocycles. The summed E-state index contributed by atoms with van der Waals surface area (Å²) in [6, 6.07) is 2.73. The van der Waals surface area contributed by atoms with E-state index in [0.29, 0.717) is 19.4 Å². The zero-order valence-electron chi connectivity index (χ0n) is 19.4. The van der Waals surface area contributed by atoms with Crippen molar-refractivity contribution < 1.29 is 24.2 Å². The predicted molar refractivity (Wildman–Crippen MR) is 125 cm³/mol. The number of pyridine rings is 1. The summed E-state index contributed by atoms with van der Waals surface area (Å²) in [6.45, 7) is 3.56. The molecule has 2 amide bonds. The molecule has 1 aliphatic rings. The van der Waals surface area contributed by atoms with Crippen LogP contribution in [-0.4, -0.2) is 57.0 Å². The maximum absolute atomic E-state index is 12.0. The molecule has 5 N–H and O–H groups in total. The number of carbonyl (C=O) groups excluding carboxylic acids is 2. The molecule has 1 atom stereocenters. The summed E-state index contributed by atoms with van der Waals surface area (Å²) >= 11 is 0. The second-order valence-corrected chi connectivity index (χ2v) is 8.29. The zero-order valence-corrected chi connectivity index (χ0v) is 19.4. The van der Waals surface area contributed by atoms with Gasteiger partial charge in [0.1, 0.15) is 11.9 Å². The summed E-state index contributed by atoms with van der Waals surface area (Å²) in [7, 11) is 0. The fraction of sp³-hybridized carbons (Fsp3) is 0.522. The number of rotatable bonds is 12. The van der Waals surface area contributed by atoms with E-state index in [1.807, 2.05) is 13.0 Å². The van der Waals surface area contributed by atoms with Gasteiger partial charge in [0, 0.05) is 37.8 Å². The molecule has 11 heteroatoms. The van der Waals surface area contributed by atoms with Crippen molar-refractivity contribution in [2.75, 3.05) is 18.5 Å². The SMILES string of the molecule is CCCCCOC(=O)N[C@@H](Cc1nn(CCc2ccc3c(n2)NCCC3)cc1C(N)=O)C(=O)O. The number of carbonyl (C=O) groups is 3. The number of aryl methyl sites for hydroxylation is 3. The lowest BCUT2D eigenvalue weighted by Gasteiger charge is -2.17. The summed E-state index contributed by atoms with van der Waals surface area (Å²) in [5, 5.41) is 19.5. The second-order valence-electron chi connectivity index (χ2n) is 8.29. The van der Waals surface area contributed by atoms with Gasteiger partial charge < -0.3 is 26.2 Å². The Hall–Kier alpha value is -3.63. The Balaban J connectivity index is 1.64. The monoisotopic (exact) mass is 472 g/mol. The van der Waals surface area contributed by atoms with Gasteiger partial charge in [-0.1, -0.05) is 25.8 Å². The molecule has 3 heterocycles. The molecule has 0 saturated carbocycles. The minimum absolute atomic E-state index is 0.115. The van der Waals surface area contributed by atoms with Crippen molar-refractivity contribution in [2.45, 2.75) is 64.5 Å². The van der Waals surface area contributed by atoms with E-state index in [1.165, 1.54) is 11.8 Å². The number of hydrogen-bond donors (Lipinski definition) is 4. The molecule has 2 aromatic rings. The first-order valence-corrected chi connectivity index (χ1v) is 11.6. The Bertz CT molecular complexity index is 1020. The fourth-order valence-electron chi connectivity index (χ4n) is 3.76. The van der Waals surface area contributed by atoms with Crippen molar-refractivity contribution in [1.82, 2.24) is 20.1 Å². The van der Waals surface area contributed by atoms with E-state index in [0.717, 1.165) is 43.7 Å². The fourth-order valence-corrected chi connectivity index (χ4v) is 3.76. The lowest BCUT2D eigenvalue weighted by atomic mass is 10.1. The number of alkyl carbamates (subject to hydrolysis) is 1. The van der Waals surface area contributed by atoms with Crippen LogP contribution in [0.1, 0.15) is 59.9 Å². The molecule has 0 aromatic carbocycles. The summed E-state index contributed by atoms with van der Waals surface area (Å²) < 4.78 is 6.58. The maximum atomic E-state index is 12.0. The third kappa shape index (κ3) is 6.93. The maximum Gasteiger partial charge on any atom is 0.407 e. The van der Waals surface area contributed by atoms with Gasteiger partial charge in [-0.2, -0.15) is 5.10 Å². The van der Waals surface area contributed by atoms with Crippen molar-refractivity contribution in [3.05, 3.63) is 40.8 Å². The third-order valence-electron chi connectivity index (χ3n) is 5.62. The van der Waals surface area contributed by atoms with Crippen LogP contribution in [0.2, 0.25) is 0 Å². The first kappa shape index (κ1) is 25.0. The smallest absolute Gasteiger partial charge is 0.407 e. The van der Waals surface area contributed by atoms with Crippen LogP contribution in [0.15, 0.2) is 18.3 Å². The minimum atomic E-state index is -1.31. The number of carboxylic acids is 1. The van der Waals surface area contributed by atoms with E-state index in [-0.39, 0.29) is 24.3 Å². The third-order valence-corrected chi connectivity index (χ3v) is 5.62. The topological polar surface area (TPSA) is 161 Å². The normalized spacial score (nSPS) is 13.4. The van der Waals surface area contributed by atoms with Crippen LogP contribution in [0.3, 0.4) is 0 Å². The quantitative estimate of drug-likeness (QED) is 0.340. The summed E-state index contributed by atoms with van der Waals surface area (Å²) in [4.78, 5) is 40.3. The van der Waals surface area contributed by atoms with E-state index in [4.69, 9.17) is 10.5 Å². The van der Waals surface area contributed by atoms with Gasteiger partial charge >= 0.3 is 12.1 Å². The van der Waals surface area contributed by atoms with E-state index in [2.05, 4.69) is 26.8 Å². The Morgan fingerprint density at radius 2 is 2.15 bits per heavy atom. The molecule has 0 saturated heterocycles. The number of anilines is 1. The van der Waals surface area contributed by atoms with Crippen LogP contribution in [0, 0.1) is 0 Å². The number of carboxylic acid groups (broad SMARTS) is 1. The van der Waals surface area contributed by atoms with Crippen molar-refractivity contribution in [3.63, 3.8) is 0 Å². The summed E-state index contributed by atoms with van der Waals surface area (Å²) in [5.41, 5.74) is 7.88. The molecule has 0 aliphatic carbocycles. The molecular formula is C23H32N6O5. The Kier molecular flexibility index (Phi) is 8.83. The molecule has 34 heavy (non-hydrogen) atoms. The van der Waals surface area contributed by atoms with Gasteiger partial charge in [0.05, 0.1) is 17.9 Å². The number of aromatic nitrogens is 3. The van der Waals surface area contributed by atoms with Gasteiger partial charge in [0.2, 0.25) is 0 Å². The Morgan fingerprint density at radius 3 is 2.88 bits per heavy atom. The Labute approximate surface area is 198 Å². The molecule has 184 valence electrons. The number of nitrogens with two attached hydrogens (primary N) is 1. The number of unbranched alkanes of at least 4 members (excludes halogenated alkanes) is 2. The van der Waals surface area contributed by atoms with Crippen LogP contribution in [-0.2, 0) is 35.3 Å². The average Bonchev–Trinajstić information content (AvgIpc) is 3.23. The Morgan fingerprint density at radius 1 is 1.32 bits per heavy atom. The number of ether oxygens (including phenoxy) is 1. The average molecular weight is 473 g/mol. The van der Waals surface area contributed by atoms with E-state index >= 15 is 0 Å². The van der Waals surface area contributed by atoms with Gasteiger partial charge in [-0.15, -0.1) is 0 Å². The highest BCUT2D eigenvalue weighted by molar-refractivity contribution is 5.94. The molecule has 0 spiro atoms. The molecule has 3 rings (SSSR count). The minimum Gasteiger partial charge on any atom is -0.480 e. The lowest BCUT2D eigenvalue weighted by Crippen LogP contribution is -2.43. The first-order chi connectivity index (χ1) is 16.4. The largest absolute Gasteiger partial charge is 0.480 e. The number of fused-ring (bicyclic) bond motifs is 1. The van der Waals surface area contributed by atoms with Crippen LogP contribution < -0.4 is 16.4 Å². The molecular weight excluding hydrogens is 440 g/mol. The summed E-state index contributed by atoms with van der Waals surface area (Å²) in [5.74, 6) is -1.08. The number of primary amides is 1. The van der Waals surface area contributed by atoms with Gasteiger partial charge in [-0.3, -0.25) is 9.48 Å². The highest BCUT2D eigenvalue weighted by atomic mass is 16.5. The lowest BCUT2D eigenvalue weighted by molar-refractivity contribution is -0.139. The van der Waals surface area contributed by atoms with Gasteiger partial charge in [0.15, 0.2) is 0 Å². The molecule has 2 aromatic heterocycles. The number of nitrogens with zero attached hydrogens (tertiary/aromatic N) is 3. The van der Waals surface area contributed by atoms with Crippen molar-refractivity contribution >= 4 is 23.8 Å². The van der Waals surface area contributed by atoms with Gasteiger partial charge in [-0.25, -0.2) is 14.6 Å². The predicted octanol–water partition coefficient (Wildman–Crippen LogP) is 1.89. The van der Waals surface area contributed by atoms with Crippen LogP contribution in [0.25, 0.3) is 0 Å². The van der Waals surface area contributed by atoms with Crippen molar-refractivity contribution in [1.29, 1.82) is 0 Å². The summed E-state index contributed by atoms with van der Waals surface area (Å²) in [6.07, 6.45) is 5.71. The van der Waals surface area contributed by atoms with E-state index in [1.54, 1.807) is 4.68 Å². The number of aliphatic carboxylic acids is 1. The first-order valence-electron chi connectivity index (χ1n) is 11.6. The molecule has 11 nitrogen and oxygen atoms in total. The second kappa shape index (κ2) is 12.0. The molecule has 0 radical (unpaired) electrons. The zero-order chi connectivity index (χ0) is 24.5. The number of amides is 2. The number of nitrogens with one attached hydrogen (secondary N) is 2. The highest BCUT2D eigenvalue weighted by Gasteiger charge is 2.25. The van der Waals surface area contributed by atoms with E-state index in [9.17, 15) is 19.5 Å². The number of hydrogen-bond acceptors (Lipinski definition) is 7. The van der Waals surface area contributed by atoms with Crippen molar-refractivity contribution in [2.24, 2.45) is 5.73 Å². The standard InChI is InChI=1S/C23H32N6O5/c1-2-3-4-12-34-23(33)27-19(22(31)32)13-18-17(20(24)30)14-29(28-18)11-9-16-8-7-15-6-5-10-25-21(15)26-16/h7-8,14,19H,2-6,9-13H2,1H3,(H2,24,30)(H,25,26)(H,27,33)(H,31,32)/t19-/m0/s1. The van der Waals surface area contributed by atoms with E-state index < -0.39 is 24.0 Å². The van der Waals surface area contributed by atoms with Gasteiger partial charge in [0.25, 0.3) is 5.91 Å². The molecule has 0 fully saturated rings.